The van der Waals surface area contributed by atoms with Gasteiger partial charge in [0.1, 0.15) is 6.79 Å². The van der Waals surface area contributed by atoms with Gasteiger partial charge >= 0.3 is 0 Å². The third-order valence-electron chi connectivity index (χ3n) is 4.50. The molecule has 0 bridgehead atoms. The molecule has 4 atom stereocenters. The van der Waals surface area contributed by atoms with E-state index < -0.39 is 0 Å². The summed E-state index contributed by atoms with van der Waals surface area (Å²) < 4.78 is 22.3. The average molecular weight is 363 g/mol. The highest BCUT2D eigenvalue weighted by molar-refractivity contribution is 4.80. The summed E-state index contributed by atoms with van der Waals surface area (Å²) in [5.74, 6) is 2.23. The second-order valence-electron chi connectivity index (χ2n) is 8.03. The molecule has 2 saturated heterocycles. The van der Waals surface area contributed by atoms with Gasteiger partial charge in [0, 0.05) is 0 Å². The van der Waals surface area contributed by atoms with E-state index in [0.29, 0.717) is 54.9 Å². The van der Waals surface area contributed by atoms with E-state index in [2.05, 4.69) is 55.4 Å². The summed E-state index contributed by atoms with van der Waals surface area (Å²) in [5.41, 5.74) is 0. The van der Waals surface area contributed by atoms with Crippen LogP contribution in [0.3, 0.4) is 0 Å². The predicted octanol–water partition coefficient (Wildman–Crippen LogP) is 5.39. The molecule has 2 aliphatic heterocycles. The Morgan fingerprint density at radius 2 is 0.720 bits per heavy atom. The summed E-state index contributed by atoms with van der Waals surface area (Å²) in [6.07, 6.45) is 1.18. The first-order chi connectivity index (χ1) is 10.8. The molecule has 0 aliphatic carbocycles. The van der Waals surface area contributed by atoms with Crippen molar-refractivity contribution >= 4 is 0 Å². The molecule has 0 aromatic heterocycles. The molecule has 0 spiro atoms. The van der Waals surface area contributed by atoms with Gasteiger partial charge in [-0.05, 0) is 23.7 Å². The fraction of sp³-hybridized carbons (Fsp3) is 1.00. The molecule has 0 amide bonds. The molecular formula is C21H46O4. The summed E-state index contributed by atoms with van der Waals surface area (Å²) in [4.78, 5) is 0. The van der Waals surface area contributed by atoms with E-state index in [4.69, 9.17) is 18.9 Å². The summed E-state index contributed by atoms with van der Waals surface area (Å²) >= 11 is 0. The minimum atomic E-state index is 0. The van der Waals surface area contributed by atoms with Gasteiger partial charge in [-0.3, -0.25) is 0 Å². The van der Waals surface area contributed by atoms with Crippen molar-refractivity contribution < 1.29 is 18.9 Å². The van der Waals surface area contributed by atoms with Crippen LogP contribution in [0.25, 0.3) is 0 Å². The molecule has 2 fully saturated rings. The van der Waals surface area contributed by atoms with Gasteiger partial charge in [-0.15, -0.1) is 0 Å². The Morgan fingerprint density at radius 1 is 0.480 bits per heavy atom. The van der Waals surface area contributed by atoms with Gasteiger partial charge in [-0.1, -0.05) is 70.2 Å². The zero-order chi connectivity index (χ0) is 17.6. The molecule has 0 aromatic carbocycles. The topological polar surface area (TPSA) is 36.9 Å². The van der Waals surface area contributed by atoms with Crippen molar-refractivity contribution in [2.24, 2.45) is 23.7 Å². The smallest absolute Gasteiger partial charge is 0.147 e. The third-order valence-corrected chi connectivity index (χ3v) is 4.50. The first kappa shape index (κ1) is 27.1. The van der Waals surface area contributed by atoms with Gasteiger partial charge in [0.2, 0.25) is 0 Å². The normalized spacial score (nSPS) is 29.3. The van der Waals surface area contributed by atoms with Gasteiger partial charge in [-0.2, -0.15) is 0 Å². The van der Waals surface area contributed by atoms with E-state index in [9.17, 15) is 0 Å². The summed E-state index contributed by atoms with van der Waals surface area (Å²) in [7, 11) is 0. The number of hydrogen-bond donors (Lipinski definition) is 0. The highest BCUT2D eigenvalue weighted by Gasteiger charge is 2.33. The van der Waals surface area contributed by atoms with Crippen molar-refractivity contribution in [3.8, 4) is 0 Å². The molecule has 0 radical (unpaired) electrons. The van der Waals surface area contributed by atoms with E-state index in [1.807, 2.05) is 0 Å². The second kappa shape index (κ2) is 13.1. The molecular weight excluding hydrogens is 316 g/mol. The van der Waals surface area contributed by atoms with E-state index in [-0.39, 0.29) is 14.9 Å². The Balaban J connectivity index is 0. The van der Waals surface area contributed by atoms with Crippen LogP contribution >= 0.6 is 0 Å². The summed E-state index contributed by atoms with van der Waals surface area (Å²) in [6, 6.07) is 0. The number of ether oxygens (including phenoxy) is 4. The predicted molar refractivity (Wildman–Crippen MR) is 107 cm³/mol. The lowest BCUT2D eigenvalue weighted by molar-refractivity contribution is -0.169. The lowest BCUT2D eigenvalue weighted by atomic mass is 9.93. The highest BCUT2D eigenvalue weighted by atomic mass is 16.7. The maximum absolute atomic E-state index is 5.69. The summed E-state index contributed by atoms with van der Waals surface area (Å²) in [5, 5.41) is 0. The zero-order valence-corrected chi connectivity index (χ0v) is 16.4. The molecule has 25 heavy (non-hydrogen) atoms. The minimum absolute atomic E-state index is 0. The Morgan fingerprint density at radius 3 is 0.960 bits per heavy atom. The van der Waals surface area contributed by atoms with Gasteiger partial charge in [0.05, 0.1) is 37.6 Å². The Labute approximate surface area is 157 Å². The molecule has 0 saturated carbocycles. The first-order valence-corrected chi connectivity index (χ1v) is 9.22. The van der Waals surface area contributed by atoms with Crippen molar-refractivity contribution in [1.29, 1.82) is 0 Å². The standard InChI is InChI=1S/C10H20O2.C9H18O2.2CH4/c1-7(2)9-10(8(3)4)12-6-5-11-9;1-6(2)8-9(7(3)4)11-5-10-8;;/h7-10H,5-6H2,1-4H3;6-9H,5H2,1-4H3;2*1H4. The van der Waals surface area contributed by atoms with Crippen molar-refractivity contribution in [3.63, 3.8) is 0 Å². The van der Waals surface area contributed by atoms with Crippen LogP contribution in [0.4, 0.5) is 0 Å². The average Bonchev–Trinajstić information content (AvgIpc) is 2.97. The number of hydrogen-bond acceptors (Lipinski definition) is 4. The second-order valence-corrected chi connectivity index (χ2v) is 8.03. The quantitative estimate of drug-likeness (QED) is 0.671. The van der Waals surface area contributed by atoms with E-state index in [0.717, 1.165) is 13.2 Å². The Kier molecular flexibility index (Phi) is 14.2. The van der Waals surface area contributed by atoms with Crippen LogP contribution in [0.15, 0.2) is 0 Å². The van der Waals surface area contributed by atoms with E-state index >= 15 is 0 Å². The van der Waals surface area contributed by atoms with E-state index in [1.165, 1.54) is 0 Å². The van der Waals surface area contributed by atoms with Gasteiger partial charge in [0.15, 0.2) is 0 Å². The van der Waals surface area contributed by atoms with Gasteiger partial charge in [0.25, 0.3) is 0 Å². The Hall–Kier alpha value is -0.160. The maximum atomic E-state index is 5.69. The molecule has 2 aliphatic rings. The molecule has 4 heteroatoms. The minimum Gasteiger partial charge on any atom is -0.373 e. The molecule has 154 valence electrons. The SMILES string of the molecule is C.C.CC(C)C1OCCOC1C(C)C.CC(C)C1OCOC1C(C)C. The van der Waals surface area contributed by atoms with Crippen LogP contribution in [0.1, 0.15) is 70.2 Å². The molecule has 4 nitrogen and oxygen atoms in total. The van der Waals surface area contributed by atoms with Crippen LogP contribution in [-0.4, -0.2) is 44.4 Å². The lowest BCUT2D eigenvalue weighted by Crippen LogP contribution is -2.44. The van der Waals surface area contributed by atoms with Gasteiger partial charge < -0.3 is 18.9 Å². The highest BCUT2D eigenvalue weighted by Crippen LogP contribution is 2.25. The largest absolute Gasteiger partial charge is 0.373 e. The zero-order valence-electron chi connectivity index (χ0n) is 16.4. The van der Waals surface area contributed by atoms with Crippen molar-refractivity contribution in [2.75, 3.05) is 20.0 Å². The van der Waals surface area contributed by atoms with Crippen LogP contribution in [-0.2, 0) is 18.9 Å². The van der Waals surface area contributed by atoms with Crippen molar-refractivity contribution in [3.05, 3.63) is 0 Å². The Bertz CT molecular complexity index is 285. The lowest BCUT2D eigenvalue weighted by Gasteiger charge is -2.36. The molecule has 4 unspecified atom stereocenters. The van der Waals surface area contributed by atoms with Gasteiger partial charge in [-0.25, -0.2) is 0 Å². The number of rotatable bonds is 4. The molecule has 0 N–H and O–H groups in total. The third kappa shape index (κ3) is 8.38. The fourth-order valence-corrected chi connectivity index (χ4v) is 3.23. The monoisotopic (exact) mass is 362 g/mol. The van der Waals surface area contributed by atoms with Crippen molar-refractivity contribution in [2.45, 2.75) is 94.7 Å². The van der Waals surface area contributed by atoms with Crippen LogP contribution in [0, 0.1) is 23.7 Å². The molecule has 2 rings (SSSR count). The maximum Gasteiger partial charge on any atom is 0.147 e. The molecule has 2 heterocycles. The van der Waals surface area contributed by atoms with E-state index in [1.54, 1.807) is 0 Å². The van der Waals surface area contributed by atoms with Crippen LogP contribution < -0.4 is 0 Å². The molecule has 0 aromatic rings. The van der Waals surface area contributed by atoms with Crippen LogP contribution in [0.5, 0.6) is 0 Å². The summed E-state index contributed by atoms with van der Waals surface area (Å²) in [6.45, 7) is 19.4. The van der Waals surface area contributed by atoms with Crippen molar-refractivity contribution in [1.82, 2.24) is 0 Å². The fourth-order valence-electron chi connectivity index (χ4n) is 3.23. The van der Waals surface area contributed by atoms with Crippen LogP contribution in [0.2, 0.25) is 0 Å². The first-order valence-electron chi connectivity index (χ1n) is 9.22.